The molecule has 0 radical (unpaired) electrons. The molecule has 2 unspecified atom stereocenters. The number of hydrogen-bond acceptors (Lipinski definition) is 5. The van der Waals surface area contributed by atoms with Crippen molar-refractivity contribution in [2.45, 2.75) is 95.9 Å². The highest BCUT2D eigenvalue weighted by atomic mass is 28.4. The van der Waals surface area contributed by atoms with Crippen molar-refractivity contribution in [1.29, 1.82) is 0 Å². The van der Waals surface area contributed by atoms with Crippen LogP contribution < -0.4 is 0 Å². The van der Waals surface area contributed by atoms with E-state index in [1.807, 2.05) is 42.5 Å². The van der Waals surface area contributed by atoms with Gasteiger partial charge in [0.1, 0.15) is 0 Å². The summed E-state index contributed by atoms with van der Waals surface area (Å²) in [5.41, 5.74) is 4.56. The Balaban J connectivity index is 1.93. The molecule has 0 amide bonds. The number of carbonyl (C=O) groups excluding carboxylic acids is 2. The van der Waals surface area contributed by atoms with Gasteiger partial charge in [-0.15, -0.1) is 0 Å². The zero-order valence-electron chi connectivity index (χ0n) is 22.8. The first-order chi connectivity index (χ1) is 17.1. The summed E-state index contributed by atoms with van der Waals surface area (Å²) >= 11 is 0. The Kier molecular flexibility index (Phi) is 11.9. The van der Waals surface area contributed by atoms with Crippen molar-refractivity contribution in [1.82, 2.24) is 0 Å². The van der Waals surface area contributed by atoms with Gasteiger partial charge in [-0.2, -0.15) is 9.98 Å². The second kappa shape index (κ2) is 14.4. The number of para-hydroxylation sites is 2. The summed E-state index contributed by atoms with van der Waals surface area (Å²) in [5, 5.41) is 0. The molecule has 0 aliphatic heterocycles. The highest BCUT2D eigenvalue weighted by Crippen LogP contribution is 2.34. The Morgan fingerprint density at radius 3 is 1.83 bits per heavy atom. The molecule has 194 valence electrons. The van der Waals surface area contributed by atoms with Gasteiger partial charge in [-0.1, -0.05) is 82.2 Å². The quantitative estimate of drug-likeness (QED) is 0.134. The summed E-state index contributed by atoms with van der Waals surface area (Å²) in [6, 6.07) is 16.8. The molecule has 0 aliphatic carbocycles. The van der Waals surface area contributed by atoms with Gasteiger partial charge in [0.05, 0.1) is 19.4 Å². The van der Waals surface area contributed by atoms with Gasteiger partial charge >= 0.3 is 0 Å². The summed E-state index contributed by atoms with van der Waals surface area (Å²) in [5.74, 6) is 0. The molecule has 5 nitrogen and oxygen atoms in total. The smallest absolute Gasteiger partial charge is 0.240 e. The number of nitrogens with zero attached hydrogens (tertiary/aromatic N) is 2. The molecule has 2 atom stereocenters. The fourth-order valence-electron chi connectivity index (χ4n) is 4.88. The highest BCUT2D eigenvalue weighted by Gasteiger charge is 2.38. The average molecular weight is 523 g/mol. The second-order valence-corrected chi connectivity index (χ2v) is 20.5. The predicted octanol–water partition coefficient (Wildman–Crippen LogP) is 8.21. The van der Waals surface area contributed by atoms with Crippen LogP contribution in [0.3, 0.4) is 0 Å². The Morgan fingerprint density at radius 2 is 1.33 bits per heavy atom. The maximum atomic E-state index is 10.7. The van der Waals surface area contributed by atoms with E-state index >= 15 is 0 Å². The third-order valence-corrected chi connectivity index (χ3v) is 15.2. The van der Waals surface area contributed by atoms with Gasteiger partial charge in [-0.25, -0.2) is 9.59 Å². The van der Waals surface area contributed by atoms with Crippen LogP contribution in [0, 0.1) is 0 Å². The van der Waals surface area contributed by atoms with Gasteiger partial charge < -0.3 is 4.43 Å². The van der Waals surface area contributed by atoms with Crippen molar-refractivity contribution >= 4 is 39.9 Å². The Labute approximate surface area is 219 Å². The molecule has 0 heterocycles. The van der Waals surface area contributed by atoms with E-state index in [4.69, 9.17) is 4.43 Å². The summed E-state index contributed by atoms with van der Waals surface area (Å²) in [6.07, 6.45) is 9.44. The van der Waals surface area contributed by atoms with E-state index in [0.717, 1.165) is 61.0 Å². The summed E-state index contributed by atoms with van der Waals surface area (Å²) in [7, 11) is -3.52. The van der Waals surface area contributed by atoms with Crippen molar-refractivity contribution in [3.63, 3.8) is 0 Å². The molecule has 0 fully saturated rings. The Bertz CT molecular complexity index is 1070. The molecular weight excluding hydrogens is 481 g/mol. The first-order valence-electron chi connectivity index (χ1n) is 13.1. The lowest BCUT2D eigenvalue weighted by atomic mass is 10.1. The minimum Gasteiger partial charge on any atom is -0.417 e. The number of benzene rings is 2. The van der Waals surface area contributed by atoms with Crippen LogP contribution in [0.4, 0.5) is 11.4 Å². The fraction of sp³-hybridized carbons (Fsp3) is 0.517. The van der Waals surface area contributed by atoms with E-state index in [1.54, 1.807) is 12.2 Å². The maximum absolute atomic E-state index is 10.7. The van der Waals surface area contributed by atoms with Gasteiger partial charge in [0.2, 0.25) is 12.2 Å². The summed E-state index contributed by atoms with van der Waals surface area (Å²) < 4.78 is 7.00. The first-order valence-corrected chi connectivity index (χ1v) is 19.4. The molecule has 2 aromatic rings. The molecule has 36 heavy (non-hydrogen) atoms. The highest BCUT2D eigenvalue weighted by molar-refractivity contribution is 6.80. The second-order valence-electron chi connectivity index (χ2n) is 10.9. The van der Waals surface area contributed by atoms with Crippen LogP contribution in [0.5, 0.6) is 0 Å². The van der Waals surface area contributed by atoms with Crippen LogP contribution in [0.25, 0.3) is 0 Å². The topological polar surface area (TPSA) is 68.1 Å². The van der Waals surface area contributed by atoms with Crippen molar-refractivity contribution in [3.8, 4) is 0 Å². The largest absolute Gasteiger partial charge is 0.417 e. The van der Waals surface area contributed by atoms with Crippen molar-refractivity contribution in [3.05, 3.63) is 59.7 Å². The molecule has 0 N–H and O–H groups in total. The van der Waals surface area contributed by atoms with Gasteiger partial charge in [0.15, 0.2) is 8.32 Å². The predicted molar refractivity (Wildman–Crippen MR) is 154 cm³/mol. The van der Waals surface area contributed by atoms with E-state index in [9.17, 15) is 9.59 Å². The molecule has 2 aromatic carbocycles. The molecule has 0 bridgehead atoms. The lowest BCUT2D eigenvalue weighted by Crippen LogP contribution is -2.50. The van der Waals surface area contributed by atoms with Gasteiger partial charge in [-0.3, -0.25) is 0 Å². The van der Waals surface area contributed by atoms with Crippen molar-refractivity contribution in [2.24, 2.45) is 9.98 Å². The third kappa shape index (κ3) is 8.91. The average Bonchev–Trinajstić information content (AvgIpc) is 2.84. The molecule has 0 saturated heterocycles. The van der Waals surface area contributed by atoms with E-state index in [1.165, 1.54) is 6.04 Å². The van der Waals surface area contributed by atoms with E-state index in [2.05, 4.69) is 56.1 Å². The van der Waals surface area contributed by atoms with Crippen LogP contribution in [-0.2, 0) is 26.9 Å². The van der Waals surface area contributed by atoms with Gasteiger partial charge in [-0.05, 0) is 67.6 Å². The Morgan fingerprint density at radius 1 is 0.833 bits per heavy atom. The first kappa shape index (κ1) is 29.8. The minimum absolute atomic E-state index is 0.340. The molecule has 2 rings (SSSR count). The molecular formula is C29H42N2O3Si2. The Hall–Kier alpha value is -2.41. The molecule has 0 spiro atoms. The summed E-state index contributed by atoms with van der Waals surface area (Å²) in [4.78, 5) is 29.2. The van der Waals surface area contributed by atoms with E-state index in [0.29, 0.717) is 11.3 Å². The molecule has 0 aliphatic rings. The minimum atomic E-state index is -1.90. The van der Waals surface area contributed by atoms with Gasteiger partial charge in [0, 0.05) is 5.73 Å². The van der Waals surface area contributed by atoms with Gasteiger partial charge in [0.25, 0.3) is 0 Å². The van der Waals surface area contributed by atoms with Crippen LogP contribution in [0.15, 0.2) is 58.5 Å². The number of isocyanates is 2. The third-order valence-electron chi connectivity index (χ3n) is 7.54. The standard InChI is InChI=1S/C29H42N2O3Si2/c1-7-29(35(3,4)21-13-18-26-16-9-11-20-28(26)31-23-33)34-36(5,6)24(2)14-12-17-25-15-8-10-19-27(25)30-22-32/h8-11,15-16,19-20,24,29H,7,12-14,17-18,21H2,1-6H3. The molecule has 7 heteroatoms. The van der Waals surface area contributed by atoms with E-state index < -0.39 is 16.4 Å². The summed E-state index contributed by atoms with van der Waals surface area (Å²) in [6.45, 7) is 14.2. The van der Waals surface area contributed by atoms with Crippen molar-refractivity contribution in [2.75, 3.05) is 0 Å². The molecule has 0 saturated carbocycles. The van der Waals surface area contributed by atoms with E-state index in [-0.39, 0.29) is 0 Å². The van der Waals surface area contributed by atoms with Crippen LogP contribution in [-0.4, -0.2) is 34.3 Å². The van der Waals surface area contributed by atoms with Crippen molar-refractivity contribution < 1.29 is 14.0 Å². The van der Waals surface area contributed by atoms with Crippen LogP contribution in [0.2, 0.25) is 37.8 Å². The lowest BCUT2D eigenvalue weighted by molar-refractivity contribution is 0.245. The SMILES string of the molecule is CCC(O[Si](C)(C)C(C)CCCc1ccccc1N=C=O)[Si](C)(C)CCCc1ccccc1N=C=O. The molecule has 0 aromatic heterocycles. The zero-order valence-corrected chi connectivity index (χ0v) is 24.8. The van der Waals surface area contributed by atoms with Crippen LogP contribution in [0.1, 0.15) is 50.7 Å². The number of hydrogen-bond donors (Lipinski definition) is 0. The van der Waals surface area contributed by atoms with Crippen LogP contribution >= 0.6 is 0 Å². The normalized spacial score (nSPS) is 13.4. The number of rotatable bonds is 15. The number of aliphatic imine (C=N–C) groups is 2. The lowest BCUT2D eigenvalue weighted by Gasteiger charge is -2.40. The fourth-order valence-corrected chi connectivity index (χ4v) is 11.6. The monoisotopic (exact) mass is 522 g/mol. The zero-order chi connectivity index (χ0) is 26.6. The maximum Gasteiger partial charge on any atom is 0.240 e. The number of aryl methyl sites for hydroxylation is 2.